The van der Waals surface area contributed by atoms with Gasteiger partial charge in [0.05, 0.1) is 17.3 Å². The molecule has 1 aliphatic heterocycles. The van der Waals surface area contributed by atoms with Gasteiger partial charge in [-0.25, -0.2) is 0 Å². The van der Waals surface area contributed by atoms with E-state index in [1.807, 2.05) is 24.3 Å². The monoisotopic (exact) mass is 293 g/mol. The number of piperazine rings is 1. The van der Waals surface area contributed by atoms with Crippen molar-refractivity contribution < 1.29 is 9.52 Å². The largest absolute Gasteiger partial charge is 0.432 e. The molecule has 1 aliphatic rings. The average Bonchev–Trinajstić information content (AvgIpc) is 2.97. The predicted molar refractivity (Wildman–Crippen MR) is 78.3 cm³/mol. The summed E-state index contributed by atoms with van der Waals surface area (Å²) in [5, 5.41) is 9.78. The van der Waals surface area contributed by atoms with Gasteiger partial charge in [-0.2, -0.15) is 4.98 Å². The van der Waals surface area contributed by atoms with Gasteiger partial charge >= 0.3 is 0 Å². The molecule has 2 heterocycles. The highest BCUT2D eigenvalue weighted by molar-refractivity contribution is 6.33. The molecule has 106 valence electrons. The molecule has 2 aromatic rings. The van der Waals surface area contributed by atoms with E-state index in [0.717, 1.165) is 36.9 Å². The highest BCUT2D eigenvalue weighted by Gasteiger charge is 2.21. The molecule has 0 saturated carbocycles. The molecular formula is C14H16ClN3O2. The Kier molecular flexibility index (Phi) is 3.80. The van der Waals surface area contributed by atoms with Crippen molar-refractivity contribution >= 4 is 23.3 Å². The molecule has 1 aromatic carbocycles. The number of anilines is 2. The molecule has 0 amide bonds. The van der Waals surface area contributed by atoms with Crippen LogP contribution in [0.3, 0.4) is 0 Å². The van der Waals surface area contributed by atoms with E-state index in [1.165, 1.54) is 6.26 Å². The van der Waals surface area contributed by atoms with Gasteiger partial charge in [-0.15, -0.1) is 0 Å². The van der Waals surface area contributed by atoms with Crippen molar-refractivity contribution in [3.05, 3.63) is 41.2 Å². The van der Waals surface area contributed by atoms with Crippen molar-refractivity contribution in [2.75, 3.05) is 36.0 Å². The first-order valence-corrected chi connectivity index (χ1v) is 6.95. The number of aliphatic hydroxyl groups is 1. The Morgan fingerprint density at radius 3 is 2.50 bits per heavy atom. The van der Waals surface area contributed by atoms with Crippen molar-refractivity contribution in [1.29, 1.82) is 0 Å². The van der Waals surface area contributed by atoms with Crippen LogP contribution in [0.15, 0.2) is 34.9 Å². The topological polar surface area (TPSA) is 52.7 Å². The number of benzene rings is 1. The summed E-state index contributed by atoms with van der Waals surface area (Å²) in [6.45, 7) is 3.26. The van der Waals surface area contributed by atoms with Gasteiger partial charge in [-0.05, 0) is 12.1 Å². The number of oxazole rings is 1. The van der Waals surface area contributed by atoms with E-state index in [-0.39, 0.29) is 6.61 Å². The number of aliphatic hydroxyl groups excluding tert-OH is 1. The van der Waals surface area contributed by atoms with Gasteiger partial charge in [0.2, 0.25) is 0 Å². The number of rotatable bonds is 3. The zero-order chi connectivity index (χ0) is 13.9. The van der Waals surface area contributed by atoms with Crippen LogP contribution in [0, 0.1) is 0 Å². The van der Waals surface area contributed by atoms with Gasteiger partial charge in [0.1, 0.15) is 12.0 Å². The summed E-state index contributed by atoms with van der Waals surface area (Å²) in [7, 11) is 0. The molecule has 0 aliphatic carbocycles. The van der Waals surface area contributed by atoms with E-state index >= 15 is 0 Å². The standard InChI is InChI=1S/C14H16ClN3O2/c15-12-3-1-2-4-13(12)17-5-7-18(8-6-17)14-16-11(9-19)10-20-14/h1-4,10,19H,5-9H2. The van der Waals surface area contributed by atoms with Crippen molar-refractivity contribution in [3.63, 3.8) is 0 Å². The maximum atomic E-state index is 9.01. The van der Waals surface area contributed by atoms with Gasteiger partial charge < -0.3 is 19.3 Å². The predicted octanol–water partition coefficient (Wildman–Crippen LogP) is 2.15. The van der Waals surface area contributed by atoms with Gasteiger partial charge in [-0.3, -0.25) is 0 Å². The third-order valence-corrected chi connectivity index (χ3v) is 3.76. The molecule has 1 aromatic heterocycles. The molecule has 1 fully saturated rings. The summed E-state index contributed by atoms with van der Waals surface area (Å²) in [5.74, 6) is 0. The van der Waals surface area contributed by atoms with Crippen LogP contribution in [0.2, 0.25) is 5.02 Å². The third kappa shape index (κ3) is 2.59. The smallest absolute Gasteiger partial charge is 0.297 e. The zero-order valence-electron chi connectivity index (χ0n) is 11.0. The molecule has 5 nitrogen and oxygen atoms in total. The molecule has 0 spiro atoms. The Balaban J connectivity index is 1.66. The Hall–Kier alpha value is -1.72. The lowest BCUT2D eigenvalue weighted by Crippen LogP contribution is -2.46. The van der Waals surface area contributed by atoms with Gasteiger partial charge in [0.25, 0.3) is 6.01 Å². The highest BCUT2D eigenvalue weighted by Crippen LogP contribution is 2.27. The van der Waals surface area contributed by atoms with Crippen LogP contribution in [0.1, 0.15) is 5.69 Å². The highest BCUT2D eigenvalue weighted by atomic mass is 35.5. The quantitative estimate of drug-likeness (QED) is 0.940. The van der Waals surface area contributed by atoms with Crippen LogP contribution in [-0.2, 0) is 6.61 Å². The molecule has 0 atom stereocenters. The van der Waals surface area contributed by atoms with E-state index in [1.54, 1.807) is 0 Å². The minimum Gasteiger partial charge on any atom is -0.432 e. The van der Waals surface area contributed by atoms with Crippen molar-refractivity contribution in [3.8, 4) is 0 Å². The molecule has 0 bridgehead atoms. The van der Waals surface area contributed by atoms with Crippen LogP contribution >= 0.6 is 11.6 Å². The molecule has 20 heavy (non-hydrogen) atoms. The first kappa shape index (κ1) is 13.3. The Labute approximate surface area is 122 Å². The summed E-state index contributed by atoms with van der Waals surface area (Å²) in [5.41, 5.74) is 1.63. The van der Waals surface area contributed by atoms with Crippen molar-refractivity contribution in [2.24, 2.45) is 0 Å². The summed E-state index contributed by atoms with van der Waals surface area (Å²) in [6.07, 6.45) is 1.50. The lowest BCUT2D eigenvalue weighted by molar-refractivity contribution is 0.276. The number of hydrogen-bond donors (Lipinski definition) is 1. The number of halogens is 1. The first-order valence-electron chi connectivity index (χ1n) is 6.57. The van der Waals surface area contributed by atoms with Crippen LogP contribution in [-0.4, -0.2) is 36.3 Å². The lowest BCUT2D eigenvalue weighted by atomic mass is 10.2. The Bertz CT molecular complexity index is 579. The van der Waals surface area contributed by atoms with E-state index in [4.69, 9.17) is 21.1 Å². The van der Waals surface area contributed by atoms with E-state index < -0.39 is 0 Å². The molecule has 6 heteroatoms. The minimum absolute atomic E-state index is 0.0942. The molecular weight excluding hydrogens is 278 g/mol. The SMILES string of the molecule is OCc1coc(N2CCN(c3ccccc3Cl)CC2)n1. The van der Waals surface area contributed by atoms with Gasteiger partial charge in [0.15, 0.2) is 0 Å². The molecule has 3 rings (SSSR count). The number of hydrogen-bond acceptors (Lipinski definition) is 5. The fourth-order valence-electron chi connectivity index (χ4n) is 2.36. The third-order valence-electron chi connectivity index (χ3n) is 3.44. The molecule has 0 radical (unpaired) electrons. The lowest BCUT2D eigenvalue weighted by Gasteiger charge is -2.35. The van der Waals surface area contributed by atoms with Gasteiger partial charge in [0, 0.05) is 26.2 Å². The first-order chi connectivity index (χ1) is 9.78. The Morgan fingerprint density at radius 1 is 1.15 bits per heavy atom. The van der Waals surface area contributed by atoms with E-state index in [0.29, 0.717) is 11.7 Å². The maximum Gasteiger partial charge on any atom is 0.297 e. The zero-order valence-corrected chi connectivity index (χ0v) is 11.8. The fourth-order valence-corrected chi connectivity index (χ4v) is 2.62. The maximum absolute atomic E-state index is 9.01. The normalized spacial score (nSPS) is 15.7. The number of aromatic nitrogens is 1. The second kappa shape index (κ2) is 5.73. The average molecular weight is 294 g/mol. The van der Waals surface area contributed by atoms with Crippen LogP contribution in [0.4, 0.5) is 11.7 Å². The van der Waals surface area contributed by atoms with Crippen LogP contribution in [0.5, 0.6) is 0 Å². The van der Waals surface area contributed by atoms with Crippen LogP contribution in [0.25, 0.3) is 0 Å². The van der Waals surface area contributed by atoms with Crippen molar-refractivity contribution in [2.45, 2.75) is 6.61 Å². The fraction of sp³-hybridized carbons (Fsp3) is 0.357. The van der Waals surface area contributed by atoms with Crippen molar-refractivity contribution in [1.82, 2.24) is 4.98 Å². The van der Waals surface area contributed by atoms with Gasteiger partial charge in [-0.1, -0.05) is 23.7 Å². The van der Waals surface area contributed by atoms with E-state index in [2.05, 4.69) is 14.8 Å². The summed E-state index contributed by atoms with van der Waals surface area (Å²) >= 11 is 6.22. The van der Waals surface area contributed by atoms with E-state index in [9.17, 15) is 0 Å². The number of para-hydroxylation sites is 1. The molecule has 0 unspecified atom stereocenters. The molecule has 1 N–H and O–H groups in total. The number of nitrogens with zero attached hydrogens (tertiary/aromatic N) is 3. The second-order valence-corrected chi connectivity index (χ2v) is 5.11. The summed E-state index contributed by atoms with van der Waals surface area (Å²) in [4.78, 5) is 8.57. The summed E-state index contributed by atoms with van der Waals surface area (Å²) in [6, 6.07) is 8.45. The molecule has 1 saturated heterocycles. The minimum atomic E-state index is -0.0942. The Morgan fingerprint density at radius 2 is 1.85 bits per heavy atom. The second-order valence-electron chi connectivity index (χ2n) is 4.71. The summed E-state index contributed by atoms with van der Waals surface area (Å²) < 4.78 is 5.37. The van der Waals surface area contributed by atoms with Crippen LogP contribution < -0.4 is 9.80 Å².